The lowest BCUT2D eigenvalue weighted by Gasteiger charge is -2.09. The summed E-state index contributed by atoms with van der Waals surface area (Å²) in [5, 5.41) is 18.6. The number of hydrogen-bond acceptors (Lipinski definition) is 3. The Morgan fingerprint density at radius 2 is 2.05 bits per heavy atom. The maximum absolute atomic E-state index is 13.2. The molecule has 0 atom stereocenters. The van der Waals surface area contributed by atoms with Crippen LogP contribution in [0.2, 0.25) is 0 Å². The number of nitrogens with zero attached hydrogens (tertiary/aromatic N) is 3. The predicted octanol–water partition coefficient (Wildman–Crippen LogP) is 2.59. The molecule has 0 unspecified atom stereocenters. The van der Waals surface area contributed by atoms with Crippen molar-refractivity contribution in [3.8, 4) is 6.07 Å². The zero-order valence-corrected chi connectivity index (χ0v) is 11.1. The minimum Gasteiger partial charge on any atom is -0.388 e. The van der Waals surface area contributed by atoms with E-state index in [1.807, 2.05) is 34.9 Å². The monoisotopic (exact) mass is 281 g/mol. The molecule has 4 nitrogen and oxygen atoms in total. The second-order valence-electron chi connectivity index (χ2n) is 4.67. The first-order chi connectivity index (χ1) is 10.2. The summed E-state index contributed by atoms with van der Waals surface area (Å²) < 4.78 is 15.0. The van der Waals surface area contributed by atoms with Crippen LogP contribution < -0.4 is 0 Å². The van der Waals surface area contributed by atoms with Gasteiger partial charge >= 0.3 is 0 Å². The molecule has 1 heterocycles. The lowest BCUT2D eigenvalue weighted by molar-refractivity contribution is 0.267. The molecule has 3 rings (SSSR count). The normalized spacial score (nSPS) is 10.7. The van der Waals surface area contributed by atoms with Crippen LogP contribution in [0, 0.1) is 17.1 Å². The molecule has 0 amide bonds. The lowest BCUT2D eigenvalue weighted by Crippen LogP contribution is -2.06. The van der Waals surface area contributed by atoms with Crippen molar-refractivity contribution in [2.24, 2.45) is 0 Å². The van der Waals surface area contributed by atoms with Crippen LogP contribution in [-0.2, 0) is 13.2 Å². The fourth-order valence-electron chi connectivity index (χ4n) is 2.38. The van der Waals surface area contributed by atoms with Crippen LogP contribution >= 0.6 is 0 Å². The fourth-order valence-corrected chi connectivity index (χ4v) is 2.38. The first-order valence-electron chi connectivity index (χ1n) is 6.46. The number of hydrogen-bond donors (Lipinski definition) is 1. The van der Waals surface area contributed by atoms with Gasteiger partial charge in [0.15, 0.2) is 0 Å². The van der Waals surface area contributed by atoms with Gasteiger partial charge in [-0.2, -0.15) is 5.26 Å². The molecule has 0 aliphatic heterocycles. The Labute approximate surface area is 120 Å². The topological polar surface area (TPSA) is 61.8 Å². The quantitative estimate of drug-likeness (QED) is 0.802. The first kappa shape index (κ1) is 13.3. The average Bonchev–Trinajstić information content (AvgIpc) is 2.87. The highest BCUT2D eigenvalue weighted by molar-refractivity contribution is 5.76. The third-order valence-electron chi connectivity index (χ3n) is 3.40. The Morgan fingerprint density at radius 3 is 2.81 bits per heavy atom. The molecule has 0 saturated carbocycles. The largest absolute Gasteiger partial charge is 0.388 e. The Morgan fingerprint density at radius 1 is 1.24 bits per heavy atom. The van der Waals surface area contributed by atoms with Crippen LogP contribution in [0.1, 0.15) is 17.0 Å². The van der Waals surface area contributed by atoms with E-state index in [4.69, 9.17) is 5.26 Å². The number of aromatic nitrogens is 2. The number of para-hydroxylation sites is 2. The van der Waals surface area contributed by atoms with Crippen LogP contribution in [0.5, 0.6) is 0 Å². The number of nitriles is 1. The van der Waals surface area contributed by atoms with E-state index in [2.05, 4.69) is 4.98 Å². The molecule has 21 heavy (non-hydrogen) atoms. The SMILES string of the molecule is N#Cc1cc(F)ccc1Cn1c(CO)nc2ccccc21. The van der Waals surface area contributed by atoms with Crippen LogP contribution in [-0.4, -0.2) is 14.7 Å². The van der Waals surface area contributed by atoms with Crippen LogP contribution in [0.3, 0.4) is 0 Å². The number of aliphatic hydroxyl groups is 1. The van der Waals surface area contributed by atoms with Crippen molar-refractivity contribution in [1.29, 1.82) is 5.26 Å². The van der Waals surface area contributed by atoms with Gasteiger partial charge in [-0.25, -0.2) is 9.37 Å². The van der Waals surface area contributed by atoms with Crippen molar-refractivity contribution < 1.29 is 9.50 Å². The van der Waals surface area contributed by atoms with Crippen LogP contribution in [0.4, 0.5) is 4.39 Å². The zero-order valence-electron chi connectivity index (χ0n) is 11.1. The summed E-state index contributed by atoms with van der Waals surface area (Å²) in [4.78, 5) is 4.36. The highest BCUT2D eigenvalue weighted by atomic mass is 19.1. The van der Waals surface area contributed by atoms with Gasteiger partial charge in [0.1, 0.15) is 18.2 Å². The highest BCUT2D eigenvalue weighted by Gasteiger charge is 2.12. The van der Waals surface area contributed by atoms with Crippen LogP contribution in [0.15, 0.2) is 42.5 Å². The smallest absolute Gasteiger partial charge is 0.136 e. The minimum absolute atomic E-state index is 0.197. The van der Waals surface area contributed by atoms with Gasteiger partial charge in [-0.15, -0.1) is 0 Å². The molecule has 0 aliphatic carbocycles. The van der Waals surface area contributed by atoms with Gasteiger partial charge in [0.05, 0.1) is 29.2 Å². The van der Waals surface area contributed by atoms with Gasteiger partial charge in [-0.05, 0) is 29.8 Å². The molecule has 0 bridgehead atoms. The predicted molar refractivity (Wildman–Crippen MR) is 75.9 cm³/mol. The van der Waals surface area contributed by atoms with E-state index < -0.39 is 5.82 Å². The van der Waals surface area contributed by atoms with Gasteiger partial charge in [0, 0.05) is 0 Å². The number of benzene rings is 2. The number of rotatable bonds is 3. The molecule has 104 valence electrons. The third-order valence-corrected chi connectivity index (χ3v) is 3.40. The maximum Gasteiger partial charge on any atom is 0.136 e. The summed E-state index contributed by atoms with van der Waals surface area (Å²) in [6.07, 6.45) is 0. The molecule has 5 heteroatoms. The lowest BCUT2D eigenvalue weighted by atomic mass is 10.1. The van der Waals surface area contributed by atoms with Gasteiger partial charge < -0.3 is 9.67 Å². The van der Waals surface area contributed by atoms with E-state index in [9.17, 15) is 9.50 Å². The molecule has 0 fully saturated rings. The Balaban J connectivity index is 2.12. The molecular formula is C16H12FN3O. The molecule has 3 aromatic rings. The van der Waals surface area contributed by atoms with Crippen molar-refractivity contribution in [3.63, 3.8) is 0 Å². The van der Waals surface area contributed by atoms with Gasteiger partial charge in [-0.3, -0.25) is 0 Å². The van der Waals surface area contributed by atoms with E-state index in [1.165, 1.54) is 12.1 Å². The van der Waals surface area contributed by atoms with Crippen molar-refractivity contribution in [2.45, 2.75) is 13.2 Å². The second kappa shape index (κ2) is 5.35. The second-order valence-corrected chi connectivity index (χ2v) is 4.67. The Kier molecular flexibility index (Phi) is 3.38. The van der Waals surface area contributed by atoms with E-state index in [0.717, 1.165) is 11.0 Å². The molecule has 0 saturated heterocycles. The summed E-state index contributed by atoms with van der Waals surface area (Å²) in [5.74, 6) is 0.0811. The molecule has 2 aromatic carbocycles. The van der Waals surface area contributed by atoms with Gasteiger partial charge in [-0.1, -0.05) is 18.2 Å². The van der Waals surface area contributed by atoms with E-state index in [1.54, 1.807) is 6.07 Å². The van der Waals surface area contributed by atoms with E-state index in [-0.39, 0.29) is 12.2 Å². The minimum atomic E-state index is -0.437. The molecule has 0 aliphatic rings. The van der Waals surface area contributed by atoms with Gasteiger partial charge in [0.2, 0.25) is 0 Å². The van der Waals surface area contributed by atoms with E-state index in [0.29, 0.717) is 17.9 Å². The molecular weight excluding hydrogens is 269 g/mol. The summed E-state index contributed by atoms with van der Waals surface area (Å²) in [6.45, 7) is 0.164. The molecule has 0 spiro atoms. The van der Waals surface area contributed by atoms with Crippen molar-refractivity contribution >= 4 is 11.0 Å². The van der Waals surface area contributed by atoms with Crippen molar-refractivity contribution in [2.75, 3.05) is 0 Å². The molecule has 1 N–H and O–H groups in total. The summed E-state index contributed by atoms with van der Waals surface area (Å²) in [7, 11) is 0. The summed E-state index contributed by atoms with van der Waals surface area (Å²) in [5.41, 5.74) is 2.63. The van der Waals surface area contributed by atoms with Crippen molar-refractivity contribution in [1.82, 2.24) is 9.55 Å². The first-order valence-corrected chi connectivity index (χ1v) is 6.46. The fraction of sp³-hybridized carbons (Fsp3) is 0.125. The van der Waals surface area contributed by atoms with Crippen molar-refractivity contribution in [3.05, 3.63) is 65.2 Å². The number of aliphatic hydroxyl groups excluding tert-OH is 1. The third kappa shape index (κ3) is 2.37. The summed E-state index contributed by atoms with van der Waals surface area (Å²) in [6, 6.07) is 13.7. The van der Waals surface area contributed by atoms with Crippen LogP contribution in [0.25, 0.3) is 11.0 Å². The number of fused-ring (bicyclic) bond motifs is 1. The molecule has 0 radical (unpaired) electrons. The average molecular weight is 281 g/mol. The molecule has 1 aromatic heterocycles. The zero-order chi connectivity index (χ0) is 14.8. The van der Waals surface area contributed by atoms with Gasteiger partial charge in [0.25, 0.3) is 0 Å². The maximum atomic E-state index is 13.2. The standard InChI is InChI=1S/C16H12FN3O/c17-13-6-5-11(12(7-13)8-18)9-20-15-4-2-1-3-14(15)19-16(20)10-21/h1-7,21H,9-10H2. The highest BCUT2D eigenvalue weighted by Crippen LogP contribution is 2.20. The summed E-state index contributed by atoms with van der Waals surface area (Å²) >= 11 is 0. The Bertz CT molecular complexity index is 848. The van der Waals surface area contributed by atoms with E-state index >= 15 is 0 Å². The Hall–Kier alpha value is -2.71. The number of imidazole rings is 1. The number of halogens is 1.